The van der Waals surface area contributed by atoms with E-state index in [0.29, 0.717) is 45.2 Å². The summed E-state index contributed by atoms with van der Waals surface area (Å²) >= 11 is 0. The number of hydrogen-bond acceptors (Lipinski definition) is 3. The molecule has 6 heteroatoms. The molecule has 1 heterocycles. The molecule has 1 saturated carbocycles. The molecule has 1 unspecified atom stereocenters. The van der Waals surface area contributed by atoms with Crippen LogP contribution >= 0.6 is 0 Å². The number of aryl methyl sites for hydroxylation is 1. The molecule has 2 amide bonds. The molecule has 3 rings (SSSR count). The third kappa shape index (κ3) is 3.42. The fourth-order valence-electron chi connectivity index (χ4n) is 3.15. The van der Waals surface area contributed by atoms with Crippen molar-refractivity contribution in [3.05, 3.63) is 35.9 Å². The van der Waals surface area contributed by atoms with Crippen molar-refractivity contribution in [3.8, 4) is 0 Å². The first-order chi connectivity index (χ1) is 11.5. The van der Waals surface area contributed by atoms with Crippen molar-refractivity contribution in [1.29, 1.82) is 0 Å². The predicted octanol–water partition coefficient (Wildman–Crippen LogP) is 1.20. The minimum absolute atomic E-state index is 0.0787. The Morgan fingerprint density at radius 3 is 2.54 bits per heavy atom. The Hall–Kier alpha value is -2.37. The van der Waals surface area contributed by atoms with E-state index < -0.39 is 17.3 Å². The molecule has 1 aromatic carbocycles. The molecule has 6 nitrogen and oxygen atoms in total. The minimum atomic E-state index is -1.22. The Morgan fingerprint density at radius 2 is 1.92 bits per heavy atom. The van der Waals surface area contributed by atoms with Crippen molar-refractivity contribution in [3.63, 3.8) is 0 Å². The summed E-state index contributed by atoms with van der Waals surface area (Å²) in [6.07, 6.45) is 2.64. The standard InChI is InChI=1S/C18H22N2O4/c21-15(7-6-13-4-2-1-3-5-13)20-11-8-14(12-20)19-16(22)18(9-10-18)17(23)24/h1-5,14H,6-12H2,(H,19,22)(H,23,24). The highest BCUT2D eigenvalue weighted by atomic mass is 16.4. The molecule has 0 spiro atoms. The van der Waals surface area contributed by atoms with Crippen LogP contribution in [0.4, 0.5) is 0 Å². The zero-order valence-corrected chi connectivity index (χ0v) is 13.5. The zero-order valence-electron chi connectivity index (χ0n) is 13.5. The van der Waals surface area contributed by atoms with Crippen LogP contribution in [-0.2, 0) is 20.8 Å². The fraction of sp³-hybridized carbons (Fsp3) is 0.500. The Balaban J connectivity index is 1.46. The highest BCUT2D eigenvalue weighted by molar-refractivity contribution is 6.05. The molecule has 128 valence electrons. The van der Waals surface area contributed by atoms with Gasteiger partial charge in [-0.1, -0.05) is 30.3 Å². The molecule has 0 radical (unpaired) electrons. The van der Waals surface area contributed by atoms with Crippen molar-refractivity contribution in [2.45, 2.75) is 38.1 Å². The molecule has 2 fully saturated rings. The van der Waals surface area contributed by atoms with Crippen LogP contribution in [0.2, 0.25) is 0 Å². The van der Waals surface area contributed by atoms with Crippen molar-refractivity contribution >= 4 is 17.8 Å². The van der Waals surface area contributed by atoms with Crippen molar-refractivity contribution < 1.29 is 19.5 Å². The first-order valence-electron chi connectivity index (χ1n) is 8.37. The van der Waals surface area contributed by atoms with E-state index in [1.165, 1.54) is 0 Å². The molecule has 1 aliphatic carbocycles. The lowest BCUT2D eigenvalue weighted by Crippen LogP contribution is -2.44. The van der Waals surface area contributed by atoms with Gasteiger partial charge < -0.3 is 15.3 Å². The maximum Gasteiger partial charge on any atom is 0.319 e. The second-order valence-corrected chi connectivity index (χ2v) is 6.67. The highest BCUT2D eigenvalue weighted by Crippen LogP contribution is 2.46. The Kier molecular flexibility index (Phi) is 4.55. The van der Waals surface area contributed by atoms with E-state index in [0.717, 1.165) is 5.56 Å². The second-order valence-electron chi connectivity index (χ2n) is 6.67. The number of carbonyl (C=O) groups excluding carboxylic acids is 2. The number of nitrogens with zero attached hydrogens (tertiary/aromatic N) is 1. The third-order valence-corrected chi connectivity index (χ3v) is 4.94. The van der Waals surface area contributed by atoms with Gasteiger partial charge >= 0.3 is 5.97 Å². The number of rotatable bonds is 6. The summed E-state index contributed by atoms with van der Waals surface area (Å²) in [7, 11) is 0. The average Bonchev–Trinajstić information content (AvgIpc) is 3.28. The lowest BCUT2D eigenvalue weighted by atomic mass is 10.1. The number of hydrogen-bond donors (Lipinski definition) is 2. The van der Waals surface area contributed by atoms with Crippen molar-refractivity contribution in [1.82, 2.24) is 10.2 Å². The molecule has 0 aromatic heterocycles. The smallest absolute Gasteiger partial charge is 0.319 e. The highest BCUT2D eigenvalue weighted by Gasteiger charge is 2.57. The summed E-state index contributed by atoms with van der Waals surface area (Å²) in [5, 5.41) is 11.9. The van der Waals surface area contributed by atoms with Gasteiger partial charge in [0.15, 0.2) is 0 Å². The van der Waals surface area contributed by atoms with Gasteiger partial charge in [-0.2, -0.15) is 0 Å². The molecule has 1 atom stereocenters. The number of carboxylic acid groups (broad SMARTS) is 1. The summed E-state index contributed by atoms with van der Waals surface area (Å²) < 4.78 is 0. The molecular formula is C18H22N2O4. The van der Waals surface area contributed by atoms with E-state index >= 15 is 0 Å². The molecule has 24 heavy (non-hydrogen) atoms. The van der Waals surface area contributed by atoms with Gasteiger partial charge in [0.05, 0.1) is 0 Å². The van der Waals surface area contributed by atoms with Gasteiger partial charge in [-0.25, -0.2) is 0 Å². The molecule has 1 aliphatic heterocycles. The lowest BCUT2D eigenvalue weighted by molar-refractivity contribution is -0.149. The van der Waals surface area contributed by atoms with Crippen LogP contribution in [-0.4, -0.2) is 46.9 Å². The molecule has 1 aromatic rings. The van der Waals surface area contributed by atoms with Gasteiger partial charge in [0.2, 0.25) is 11.8 Å². The van der Waals surface area contributed by atoms with Crippen molar-refractivity contribution in [2.24, 2.45) is 5.41 Å². The maximum atomic E-state index is 12.3. The zero-order chi connectivity index (χ0) is 17.2. The van der Waals surface area contributed by atoms with Crippen LogP contribution in [0.3, 0.4) is 0 Å². The Bertz CT molecular complexity index is 640. The summed E-state index contributed by atoms with van der Waals surface area (Å²) in [6, 6.07) is 9.72. The maximum absolute atomic E-state index is 12.3. The van der Waals surface area contributed by atoms with E-state index in [9.17, 15) is 14.4 Å². The average molecular weight is 330 g/mol. The largest absolute Gasteiger partial charge is 0.480 e. The molecule has 2 aliphatic rings. The third-order valence-electron chi connectivity index (χ3n) is 4.94. The lowest BCUT2D eigenvalue weighted by Gasteiger charge is -2.18. The number of carbonyl (C=O) groups is 3. The van der Waals surface area contributed by atoms with Crippen LogP contribution < -0.4 is 5.32 Å². The van der Waals surface area contributed by atoms with E-state index in [1.807, 2.05) is 30.3 Å². The summed E-state index contributed by atoms with van der Waals surface area (Å²) in [4.78, 5) is 37.3. The Labute approximate surface area is 140 Å². The van der Waals surface area contributed by atoms with E-state index in [1.54, 1.807) is 4.90 Å². The van der Waals surface area contributed by atoms with Crippen molar-refractivity contribution in [2.75, 3.05) is 13.1 Å². The normalized spacial score (nSPS) is 21.3. The van der Waals surface area contributed by atoms with Crippen LogP contribution in [0, 0.1) is 5.41 Å². The first kappa shape index (κ1) is 16.5. The predicted molar refractivity (Wildman–Crippen MR) is 87.2 cm³/mol. The van der Waals surface area contributed by atoms with Gasteiger partial charge in [-0.3, -0.25) is 14.4 Å². The number of likely N-dealkylation sites (tertiary alicyclic amines) is 1. The summed E-state index contributed by atoms with van der Waals surface area (Å²) in [5.74, 6) is -1.37. The molecule has 2 N–H and O–H groups in total. The molecular weight excluding hydrogens is 308 g/mol. The van der Waals surface area contributed by atoms with Gasteiger partial charge in [0.25, 0.3) is 0 Å². The van der Waals surface area contributed by atoms with Gasteiger partial charge in [-0.15, -0.1) is 0 Å². The number of aliphatic carboxylic acids is 1. The van der Waals surface area contributed by atoms with Gasteiger partial charge in [0, 0.05) is 25.6 Å². The summed E-state index contributed by atoms with van der Waals surface area (Å²) in [6.45, 7) is 1.08. The van der Waals surface area contributed by atoms with Crippen LogP contribution in [0.5, 0.6) is 0 Å². The molecule has 1 saturated heterocycles. The SMILES string of the molecule is O=C(CCc1ccccc1)N1CCC(NC(=O)C2(C(=O)O)CC2)C1. The van der Waals surface area contributed by atoms with Gasteiger partial charge in [0.1, 0.15) is 5.41 Å². The quantitative estimate of drug-likeness (QED) is 0.768. The Morgan fingerprint density at radius 1 is 1.21 bits per heavy atom. The monoisotopic (exact) mass is 330 g/mol. The van der Waals surface area contributed by atoms with E-state index in [2.05, 4.69) is 5.32 Å². The number of nitrogens with one attached hydrogen (secondary N) is 1. The fourth-order valence-corrected chi connectivity index (χ4v) is 3.15. The summed E-state index contributed by atoms with van der Waals surface area (Å²) in [5.41, 5.74) is -0.0860. The van der Waals surface area contributed by atoms with Crippen LogP contribution in [0.1, 0.15) is 31.2 Å². The minimum Gasteiger partial charge on any atom is -0.480 e. The topological polar surface area (TPSA) is 86.7 Å². The van der Waals surface area contributed by atoms with Gasteiger partial charge in [-0.05, 0) is 31.2 Å². The number of benzene rings is 1. The number of amides is 2. The number of carboxylic acids is 1. The van der Waals surface area contributed by atoms with E-state index in [4.69, 9.17) is 5.11 Å². The van der Waals surface area contributed by atoms with E-state index in [-0.39, 0.29) is 11.9 Å². The molecule has 0 bridgehead atoms. The second kappa shape index (κ2) is 6.63. The van der Waals surface area contributed by atoms with Crippen LogP contribution in [0.25, 0.3) is 0 Å². The van der Waals surface area contributed by atoms with Crippen LogP contribution in [0.15, 0.2) is 30.3 Å². The first-order valence-corrected chi connectivity index (χ1v) is 8.37.